The molecule has 0 aromatic heterocycles. The lowest BCUT2D eigenvalue weighted by molar-refractivity contribution is -0.125. The monoisotopic (exact) mass is 285 g/mol. The van der Waals surface area contributed by atoms with E-state index in [1.54, 1.807) is 0 Å². The van der Waals surface area contributed by atoms with Crippen LogP contribution in [0.15, 0.2) is 30.9 Å². The Bertz CT molecular complexity index is 534. The molecule has 2 aliphatic rings. The number of carbonyl (C=O) groups is 1. The molecule has 2 atom stereocenters. The van der Waals surface area contributed by atoms with Crippen molar-refractivity contribution in [1.29, 1.82) is 0 Å². The van der Waals surface area contributed by atoms with Crippen LogP contribution in [0.5, 0.6) is 0 Å². The van der Waals surface area contributed by atoms with Crippen molar-refractivity contribution in [1.82, 2.24) is 5.32 Å². The van der Waals surface area contributed by atoms with Gasteiger partial charge in [-0.3, -0.25) is 4.79 Å². The van der Waals surface area contributed by atoms with Crippen molar-refractivity contribution in [2.24, 2.45) is 0 Å². The summed E-state index contributed by atoms with van der Waals surface area (Å²) in [7, 11) is 0. The van der Waals surface area contributed by atoms with Gasteiger partial charge in [-0.25, -0.2) is 0 Å². The van der Waals surface area contributed by atoms with E-state index in [0.29, 0.717) is 12.5 Å². The maximum atomic E-state index is 11.6. The second-order valence-corrected chi connectivity index (χ2v) is 6.06. The molecule has 1 unspecified atom stereocenters. The van der Waals surface area contributed by atoms with E-state index >= 15 is 0 Å². The van der Waals surface area contributed by atoms with Crippen LogP contribution in [0.3, 0.4) is 0 Å². The molecule has 1 aromatic rings. The van der Waals surface area contributed by atoms with E-state index in [0.717, 1.165) is 25.7 Å². The molecule has 1 amide bonds. The fourth-order valence-electron chi connectivity index (χ4n) is 3.69. The average molecular weight is 285 g/mol. The molecular weight excluding hydrogens is 258 g/mol. The molecule has 3 rings (SSSR count). The SMILES string of the molecule is C=CCc1ccc2c(c1)CCC1NC(=O)CC[C@]21C.CC. The van der Waals surface area contributed by atoms with Gasteiger partial charge >= 0.3 is 0 Å². The second-order valence-electron chi connectivity index (χ2n) is 6.06. The second kappa shape index (κ2) is 6.46. The van der Waals surface area contributed by atoms with Gasteiger partial charge in [-0.15, -0.1) is 6.58 Å². The summed E-state index contributed by atoms with van der Waals surface area (Å²) in [6, 6.07) is 7.13. The van der Waals surface area contributed by atoms with Crippen molar-refractivity contribution in [3.05, 3.63) is 47.5 Å². The third kappa shape index (κ3) is 2.90. The Labute approximate surface area is 128 Å². The lowest BCUT2D eigenvalue weighted by Crippen LogP contribution is -2.55. The first kappa shape index (κ1) is 15.8. The summed E-state index contributed by atoms with van der Waals surface area (Å²) in [5.74, 6) is 0.217. The van der Waals surface area contributed by atoms with Crippen LogP contribution in [0, 0.1) is 0 Å². The molecule has 114 valence electrons. The minimum absolute atomic E-state index is 0.119. The molecular formula is C19H27NO. The van der Waals surface area contributed by atoms with Crippen molar-refractivity contribution >= 4 is 5.91 Å². The first-order valence-corrected chi connectivity index (χ1v) is 8.16. The third-order valence-corrected chi connectivity index (χ3v) is 4.84. The number of rotatable bonds is 2. The topological polar surface area (TPSA) is 29.1 Å². The van der Waals surface area contributed by atoms with Gasteiger partial charge < -0.3 is 5.32 Å². The fraction of sp³-hybridized carbons (Fsp3) is 0.526. The summed E-state index contributed by atoms with van der Waals surface area (Å²) in [5.41, 5.74) is 4.37. The summed E-state index contributed by atoms with van der Waals surface area (Å²) in [5, 5.41) is 3.18. The Hall–Kier alpha value is -1.57. The first-order chi connectivity index (χ1) is 10.1. The standard InChI is InChI=1S/C17H21NO.C2H6/c1-3-4-12-5-7-14-13(11-12)6-8-15-17(14,2)10-9-16(19)18-15;1-2/h3,5,7,11,15H,1,4,6,8-10H2,2H3,(H,18,19);1-2H3/t15?,17-;/m1./s1. The van der Waals surface area contributed by atoms with Gasteiger partial charge in [0.1, 0.15) is 0 Å². The van der Waals surface area contributed by atoms with E-state index in [-0.39, 0.29) is 11.3 Å². The number of hydrogen-bond donors (Lipinski definition) is 1. The molecule has 2 heteroatoms. The normalized spacial score (nSPS) is 26.6. The predicted molar refractivity (Wildman–Crippen MR) is 88.5 cm³/mol. The van der Waals surface area contributed by atoms with Crippen molar-refractivity contribution < 1.29 is 4.79 Å². The van der Waals surface area contributed by atoms with Gasteiger partial charge in [0.15, 0.2) is 0 Å². The van der Waals surface area contributed by atoms with E-state index in [2.05, 4.69) is 37.0 Å². The molecule has 1 aliphatic carbocycles. The molecule has 0 radical (unpaired) electrons. The van der Waals surface area contributed by atoms with Crippen LogP contribution in [0.25, 0.3) is 0 Å². The molecule has 1 saturated heterocycles. The van der Waals surface area contributed by atoms with Crippen molar-refractivity contribution in [2.75, 3.05) is 0 Å². The minimum Gasteiger partial charge on any atom is -0.352 e. The van der Waals surface area contributed by atoms with Gasteiger partial charge in [0.05, 0.1) is 0 Å². The number of carbonyl (C=O) groups excluding carboxylic acids is 1. The molecule has 1 aliphatic heterocycles. The number of fused-ring (bicyclic) bond motifs is 3. The fourth-order valence-corrected chi connectivity index (χ4v) is 3.69. The van der Waals surface area contributed by atoms with Gasteiger partial charge in [-0.05, 0) is 42.4 Å². The highest BCUT2D eigenvalue weighted by molar-refractivity contribution is 5.78. The molecule has 1 fully saturated rings. The largest absolute Gasteiger partial charge is 0.352 e. The van der Waals surface area contributed by atoms with E-state index in [4.69, 9.17) is 0 Å². The molecule has 0 spiro atoms. The highest BCUT2D eigenvalue weighted by Gasteiger charge is 2.43. The molecule has 21 heavy (non-hydrogen) atoms. The average Bonchev–Trinajstić information content (AvgIpc) is 2.50. The zero-order valence-corrected chi connectivity index (χ0v) is 13.5. The van der Waals surface area contributed by atoms with Crippen LogP contribution >= 0.6 is 0 Å². The van der Waals surface area contributed by atoms with E-state index in [1.165, 1.54) is 16.7 Å². The van der Waals surface area contributed by atoms with Crippen molar-refractivity contribution in [3.63, 3.8) is 0 Å². The number of benzene rings is 1. The number of allylic oxidation sites excluding steroid dienone is 1. The number of hydrogen-bond acceptors (Lipinski definition) is 1. The van der Waals surface area contributed by atoms with Crippen LogP contribution in [0.2, 0.25) is 0 Å². The molecule has 1 N–H and O–H groups in total. The molecule has 2 nitrogen and oxygen atoms in total. The number of aryl methyl sites for hydroxylation is 1. The Morgan fingerprint density at radius 1 is 1.38 bits per heavy atom. The summed E-state index contributed by atoms with van der Waals surface area (Å²) in [6.45, 7) is 10.1. The molecule has 0 bridgehead atoms. The van der Waals surface area contributed by atoms with Gasteiger partial charge in [0.2, 0.25) is 5.91 Å². The summed E-state index contributed by atoms with van der Waals surface area (Å²) in [4.78, 5) is 11.6. The quantitative estimate of drug-likeness (QED) is 0.820. The summed E-state index contributed by atoms with van der Waals surface area (Å²) in [6.07, 6.45) is 6.64. The van der Waals surface area contributed by atoms with Crippen molar-refractivity contribution in [3.8, 4) is 0 Å². The van der Waals surface area contributed by atoms with Crippen LogP contribution in [0.1, 0.15) is 56.7 Å². The Kier molecular flexibility index (Phi) is 4.87. The maximum absolute atomic E-state index is 11.6. The molecule has 1 heterocycles. The lowest BCUT2D eigenvalue weighted by atomic mass is 9.64. The molecule has 1 aromatic carbocycles. The van der Waals surface area contributed by atoms with Crippen LogP contribution in [-0.4, -0.2) is 11.9 Å². The summed E-state index contributed by atoms with van der Waals surface area (Å²) < 4.78 is 0. The highest BCUT2D eigenvalue weighted by atomic mass is 16.1. The van der Waals surface area contributed by atoms with Crippen molar-refractivity contribution in [2.45, 2.75) is 64.3 Å². The highest BCUT2D eigenvalue weighted by Crippen LogP contribution is 2.42. The van der Waals surface area contributed by atoms with Gasteiger partial charge in [0.25, 0.3) is 0 Å². The predicted octanol–water partition coefficient (Wildman–Crippen LogP) is 3.92. The Morgan fingerprint density at radius 3 is 2.86 bits per heavy atom. The Morgan fingerprint density at radius 2 is 2.14 bits per heavy atom. The first-order valence-electron chi connectivity index (χ1n) is 8.16. The van der Waals surface area contributed by atoms with Crippen LogP contribution in [-0.2, 0) is 23.1 Å². The lowest BCUT2D eigenvalue weighted by Gasteiger charge is -2.46. The minimum atomic E-state index is 0.119. The number of nitrogens with one attached hydrogen (secondary N) is 1. The van der Waals surface area contributed by atoms with Gasteiger partial charge in [-0.2, -0.15) is 0 Å². The summed E-state index contributed by atoms with van der Waals surface area (Å²) >= 11 is 0. The smallest absolute Gasteiger partial charge is 0.220 e. The zero-order valence-electron chi connectivity index (χ0n) is 13.5. The maximum Gasteiger partial charge on any atom is 0.220 e. The van der Waals surface area contributed by atoms with E-state index in [1.807, 2.05) is 19.9 Å². The Balaban J connectivity index is 0.000000774. The van der Waals surface area contributed by atoms with Gasteiger partial charge in [0, 0.05) is 17.9 Å². The van der Waals surface area contributed by atoms with E-state index in [9.17, 15) is 4.79 Å². The zero-order chi connectivity index (χ0) is 15.5. The number of amides is 1. The third-order valence-electron chi connectivity index (χ3n) is 4.84. The van der Waals surface area contributed by atoms with Gasteiger partial charge in [-0.1, -0.05) is 45.0 Å². The van der Waals surface area contributed by atoms with E-state index < -0.39 is 0 Å². The van der Waals surface area contributed by atoms with Crippen LogP contribution in [0.4, 0.5) is 0 Å². The van der Waals surface area contributed by atoms with Crippen LogP contribution < -0.4 is 5.32 Å². The molecule has 0 saturated carbocycles. The number of piperidine rings is 1.